The molecule has 0 aromatic rings. The van der Waals surface area contributed by atoms with Gasteiger partial charge in [0.1, 0.15) is 0 Å². The van der Waals surface area contributed by atoms with Crippen molar-refractivity contribution >= 4 is 11.6 Å². The largest absolute Gasteiger partial charge is 0.327 e. The molecule has 0 aliphatic rings. The van der Waals surface area contributed by atoms with Crippen LogP contribution in [0.25, 0.3) is 0 Å². The summed E-state index contributed by atoms with van der Waals surface area (Å²) in [5.74, 6) is 0. The van der Waals surface area contributed by atoms with E-state index in [2.05, 4.69) is 17.3 Å². The Kier molecular flexibility index (Phi) is 2.51. The average molecular weight is 97.5 g/mol. The molecule has 0 fully saturated rings. The van der Waals surface area contributed by atoms with E-state index in [0.29, 0.717) is 0 Å². The summed E-state index contributed by atoms with van der Waals surface area (Å²) in [5, 5.41) is 0. The molecular weight excluding hydrogens is 92.5 g/mol. The van der Waals surface area contributed by atoms with Crippen LogP contribution in [0.5, 0.6) is 0 Å². The Morgan fingerprint density at radius 1 is 2.00 bits per heavy atom. The maximum atomic E-state index is 11.1. The van der Waals surface area contributed by atoms with Crippen molar-refractivity contribution in [1.82, 2.24) is 0 Å². The molecule has 1 nitrogen and oxygen atoms in total. The third-order valence-corrected chi connectivity index (χ3v) is 0.356. The van der Waals surface area contributed by atoms with Crippen molar-refractivity contribution in [3.05, 3.63) is 0 Å². The monoisotopic (exact) mass is 97.0 g/mol. The fraction of sp³-hybridized carbons (Fsp3) is 1.00. The van der Waals surface area contributed by atoms with Crippen LogP contribution in [0.4, 0.5) is 4.39 Å². The summed E-state index contributed by atoms with van der Waals surface area (Å²) in [5.41, 5.74) is 3.30. The highest BCUT2D eigenvalue weighted by molar-refractivity contribution is 6.19. The topological polar surface area (TPSA) is 26.0 Å². The Balaban J connectivity index is 2.54. The van der Waals surface area contributed by atoms with Crippen molar-refractivity contribution in [2.24, 2.45) is 5.73 Å². The predicted molar refractivity (Wildman–Crippen MR) is 19.8 cm³/mol. The summed E-state index contributed by atoms with van der Waals surface area (Å²) in [7, 11) is 0. The van der Waals surface area contributed by atoms with Crippen molar-refractivity contribution < 1.29 is 4.39 Å². The Bertz CT molecular complexity index is 23.6. The van der Waals surface area contributed by atoms with E-state index < -0.39 is 5.63 Å². The summed E-state index contributed by atoms with van der Waals surface area (Å²) in [4.78, 5) is 0. The number of rotatable bonds is 1. The van der Waals surface area contributed by atoms with Gasteiger partial charge < -0.3 is 5.73 Å². The van der Waals surface area contributed by atoms with Gasteiger partial charge in [0.2, 0.25) is 0 Å². The molecule has 5 heavy (non-hydrogen) atoms. The smallest absolute Gasteiger partial charge is 0.185 e. The SMILES string of the molecule is NCC(F)Cl. The van der Waals surface area contributed by atoms with E-state index in [9.17, 15) is 4.39 Å². The fourth-order valence-corrected chi connectivity index (χ4v) is 0. The number of nitrogens with two attached hydrogens (primary N) is 1. The van der Waals surface area contributed by atoms with Crippen LogP contribution < -0.4 is 5.73 Å². The molecule has 0 spiro atoms. The lowest BCUT2D eigenvalue weighted by molar-refractivity contribution is 0.452. The van der Waals surface area contributed by atoms with E-state index in [-0.39, 0.29) is 6.54 Å². The number of alkyl halides is 2. The van der Waals surface area contributed by atoms with Gasteiger partial charge in [0.25, 0.3) is 0 Å². The van der Waals surface area contributed by atoms with Crippen LogP contribution >= 0.6 is 11.6 Å². The van der Waals surface area contributed by atoms with Gasteiger partial charge in [0, 0.05) is 6.54 Å². The van der Waals surface area contributed by atoms with Gasteiger partial charge in [-0.15, -0.1) is 0 Å². The Morgan fingerprint density at radius 3 is 2.20 bits per heavy atom. The number of halogens is 2. The highest BCUT2D eigenvalue weighted by Crippen LogP contribution is 1.89. The fourth-order valence-electron chi connectivity index (χ4n) is 0. The standard InChI is InChI=1S/C2H5ClFN/c3-2(4)1-5/h2H,1,5H2. The second-order valence-corrected chi connectivity index (χ2v) is 1.10. The highest BCUT2D eigenvalue weighted by atomic mass is 35.5. The minimum atomic E-state index is -1.37. The molecule has 3 heteroatoms. The Hall–Kier alpha value is 0.180. The summed E-state index contributed by atoms with van der Waals surface area (Å²) in [6.45, 7) is -0.0957. The molecule has 0 rings (SSSR count). The molecule has 0 aliphatic carbocycles. The first-order chi connectivity index (χ1) is 2.27. The molecule has 0 saturated carbocycles. The zero-order chi connectivity index (χ0) is 4.28. The molecule has 0 heterocycles. The van der Waals surface area contributed by atoms with Crippen LogP contribution in [0.15, 0.2) is 0 Å². The molecule has 2 N–H and O–H groups in total. The summed E-state index contributed by atoms with van der Waals surface area (Å²) >= 11 is 4.67. The molecule has 0 aliphatic heterocycles. The lowest BCUT2D eigenvalue weighted by Crippen LogP contribution is -2.07. The number of hydrogen-bond donors (Lipinski definition) is 1. The molecule has 1 atom stereocenters. The lowest BCUT2D eigenvalue weighted by atomic mass is 10.8. The zero-order valence-corrected chi connectivity index (χ0v) is 3.37. The number of hydrogen-bond acceptors (Lipinski definition) is 1. The van der Waals surface area contributed by atoms with E-state index in [1.807, 2.05) is 0 Å². The van der Waals surface area contributed by atoms with E-state index in [1.165, 1.54) is 0 Å². The third kappa shape index (κ3) is 4.18. The predicted octanol–water partition coefficient (Wildman–Crippen LogP) is 0.479. The van der Waals surface area contributed by atoms with Crippen LogP contribution in [-0.2, 0) is 0 Å². The van der Waals surface area contributed by atoms with Gasteiger partial charge in [-0.3, -0.25) is 0 Å². The van der Waals surface area contributed by atoms with Gasteiger partial charge in [-0.2, -0.15) is 0 Å². The zero-order valence-electron chi connectivity index (χ0n) is 2.62. The lowest BCUT2D eigenvalue weighted by Gasteiger charge is -1.83. The molecular formula is C2H5ClFN. The molecule has 1 unspecified atom stereocenters. The molecule has 0 radical (unpaired) electrons. The van der Waals surface area contributed by atoms with Crippen LogP contribution in [0.2, 0.25) is 0 Å². The molecule has 0 bridgehead atoms. The van der Waals surface area contributed by atoms with Crippen molar-refractivity contribution in [2.45, 2.75) is 5.63 Å². The molecule has 0 amide bonds. The Labute approximate surface area is 34.9 Å². The minimum Gasteiger partial charge on any atom is -0.327 e. The van der Waals surface area contributed by atoms with E-state index >= 15 is 0 Å². The van der Waals surface area contributed by atoms with Gasteiger partial charge in [-0.1, -0.05) is 11.6 Å². The second kappa shape index (κ2) is 2.42. The first kappa shape index (κ1) is 5.18. The second-order valence-electron chi connectivity index (χ2n) is 0.627. The van der Waals surface area contributed by atoms with Gasteiger partial charge >= 0.3 is 0 Å². The van der Waals surface area contributed by atoms with Crippen molar-refractivity contribution in [3.8, 4) is 0 Å². The van der Waals surface area contributed by atoms with Gasteiger partial charge in [-0.05, 0) is 0 Å². The van der Waals surface area contributed by atoms with Crippen molar-refractivity contribution in [1.29, 1.82) is 0 Å². The third-order valence-electron chi connectivity index (χ3n) is 0.178. The van der Waals surface area contributed by atoms with E-state index in [0.717, 1.165) is 0 Å². The minimum absolute atomic E-state index is 0.0957. The maximum absolute atomic E-state index is 11.1. The van der Waals surface area contributed by atoms with Crippen LogP contribution in [0.3, 0.4) is 0 Å². The summed E-state index contributed by atoms with van der Waals surface area (Å²) < 4.78 is 11.1. The maximum Gasteiger partial charge on any atom is 0.185 e. The molecule has 0 aromatic heterocycles. The van der Waals surface area contributed by atoms with Crippen molar-refractivity contribution in [3.63, 3.8) is 0 Å². The summed E-state index contributed by atoms with van der Waals surface area (Å²) in [6.07, 6.45) is 0. The first-order valence-corrected chi connectivity index (χ1v) is 1.69. The Morgan fingerprint density at radius 2 is 2.20 bits per heavy atom. The van der Waals surface area contributed by atoms with Gasteiger partial charge in [0.05, 0.1) is 0 Å². The normalized spacial score (nSPS) is 15.0. The first-order valence-electron chi connectivity index (χ1n) is 1.25. The van der Waals surface area contributed by atoms with E-state index in [1.54, 1.807) is 0 Å². The molecule has 0 saturated heterocycles. The van der Waals surface area contributed by atoms with Crippen molar-refractivity contribution in [2.75, 3.05) is 6.54 Å². The summed E-state index contributed by atoms with van der Waals surface area (Å²) in [6, 6.07) is 0. The van der Waals surface area contributed by atoms with Gasteiger partial charge in [-0.25, -0.2) is 4.39 Å². The highest BCUT2D eigenvalue weighted by Gasteiger charge is 1.89. The van der Waals surface area contributed by atoms with Crippen LogP contribution in [0, 0.1) is 0 Å². The van der Waals surface area contributed by atoms with Gasteiger partial charge in [0.15, 0.2) is 5.63 Å². The van der Waals surface area contributed by atoms with Crippen LogP contribution in [-0.4, -0.2) is 12.2 Å². The average Bonchev–Trinajstić information content (AvgIpc) is 1.38. The van der Waals surface area contributed by atoms with E-state index in [4.69, 9.17) is 0 Å². The quantitative estimate of drug-likeness (QED) is 0.473. The molecule has 32 valence electrons. The molecule has 0 aromatic carbocycles. The van der Waals surface area contributed by atoms with Crippen LogP contribution in [0.1, 0.15) is 0 Å².